The number of halogens is 1. The average Bonchev–Trinajstić information content (AvgIpc) is 2.85. The Labute approximate surface area is 107 Å². The van der Waals surface area contributed by atoms with Gasteiger partial charge in [-0.25, -0.2) is 0 Å². The maximum Gasteiger partial charge on any atom is 0.238 e. The van der Waals surface area contributed by atoms with Crippen LogP contribution in [0.15, 0.2) is 0 Å². The van der Waals surface area contributed by atoms with Crippen molar-refractivity contribution in [3.63, 3.8) is 0 Å². The van der Waals surface area contributed by atoms with E-state index >= 15 is 0 Å². The zero-order chi connectivity index (χ0) is 10.7. The number of carbonyl (C=O) groups is 1. The van der Waals surface area contributed by atoms with Crippen LogP contribution in [0.4, 0.5) is 0 Å². The Morgan fingerprint density at radius 3 is 3.06 bits per heavy atom. The fraction of sp³-hybridized carbons (Fsp3) is 0.900. The predicted octanol–water partition coefficient (Wildman–Crippen LogP) is 0.613. The Morgan fingerprint density at radius 1 is 1.69 bits per heavy atom. The summed E-state index contributed by atoms with van der Waals surface area (Å²) in [7, 11) is 0. The van der Waals surface area contributed by atoms with Crippen LogP contribution in [0.1, 0.15) is 13.3 Å². The average molecular weight is 267 g/mol. The summed E-state index contributed by atoms with van der Waals surface area (Å²) in [5.74, 6) is 1.91. The summed E-state index contributed by atoms with van der Waals surface area (Å²) < 4.78 is 5.35. The van der Waals surface area contributed by atoms with Gasteiger partial charge in [-0.2, -0.15) is 0 Å². The minimum atomic E-state index is 0. The molecule has 2 rings (SSSR count). The summed E-state index contributed by atoms with van der Waals surface area (Å²) in [4.78, 5) is 11.7. The van der Waals surface area contributed by atoms with Crippen LogP contribution in [0.2, 0.25) is 0 Å². The molecule has 2 heterocycles. The van der Waals surface area contributed by atoms with Crippen LogP contribution in [0, 0.1) is 5.41 Å². The van der Waals surface area contributed by atoms with E-state index in [1.54, 1.807) is 11.8 Å². The Morgan fingerprint density at radius 2 is 2.50 bits per heavy atom. The van der Waals surface area contributed by atoms with E-state index in [-0.39, 0.29) is 29.8 Å². The summed E-state index contributed by atoms with van der Waals surface area (Å²) in [5.41, 5.74) is 0.140. The molecule has 94 valence electrons. The van der Waals surface area contributed by atoms with Crippen molar-refractivity contribution in [1.29, 1.82) is 0 Å². The molecule has 2 saturated heterocycles. The van der Waals surface area contributed by atoms with E-state index < -0.39 is 0 Å². The van der Waals surface area contributed by atoms with Gasteiger partial charge in [0, 0.05) is 30.2 Å². The van der Waals surface area contributed by atoms with Crippen molar-refractivity contribution in [3.8, 4) is 0 Å². The quantitative estimate of drug-likeness (QED) is 0.786. The molecular weight excluding hydrogens is 248 g/mol. The summed E-state index contributed by atoms with van der Waals surface area (Å²) in [6.07, 6.45) is 1.04. The van der Waals surface area contributed by atoms with Crippen LogP contribution in [0.25, 0.3) is 0 Å². The first-order valence-corrected chi connectivity index (χ1v) is 6.52. The molecule has 0 saturated carbocycles. The van der Waals surface area contributed by atoms with Gasteiger partial charge >= 0.3 is 0 Å². The largest absolute Gasteiger partial charge is 0.381 e. The molecule has 0 aromatic carbocycles. The molecule has 0 spiro atoms. The lowest BCUT2D eigenvalue weighted by atomic mass is 9.90. The number of carbonyl (C=O) groups excluding carboxylic acids is 1. The topological polar surface area (TPSA) is 50.4 Å². The second kappa shape index (κ2) is 6.10. The highest BCUT2D eigenvalue weighted by molar-refractivity contribution is 7.99. The summed E-state index contributed by atoms with van der Waals surface area (Å²) in [6, 6.07) is 0.000853. The van der Waals surface area contributed by atoms with Gasteiger partial charge in [0.25, 0.3) is 0 Å². The molecule has 2 aliphatic rings. The summed E-state index contributed by atoms with van der Waals surface area (Å²) in [6.45, 7) is 4.48. The van der Waals surface area contributed by atoms with Crippen molar-refractivity contribution < 1.29 is 9.53 Å². The summed E-state index contributed by atoms with van der Waals surface area (Å²) in [5, 5.41) is 6.18. The highest BCUT2D eigenvalue weighted by atomic mass is 35.5. The van der Waals surface area contributed by atoms with Crippen LogP contribution in [0.5, 0.6) is 0 Å². The second-order valence-corrected chi connectivity index (χ2v) is 5.63. The maximum absolute atomic E-state index is 11.7. The molecule has 2 atom stereocenters. The summed E-state index contributed by atoms with van der Waals surface area (Å²) >= 11 is 1.77. The van der Waals surface area contributed by atoms with E-state index in [9.17, 15) is 4.79 Å². The van der Waals surface area contributed by atoms with Crippen molar-refractivity contribution in [2.75, 3.05) is 31.4 Å². The highest BCUT2D eigenvalue weighted by Crippen LogP contribution is 2.26. The fourth-order valence-corrected chi connectivity index (χ4v) is 2.78. The standard InChI is InChI=1S/C10H18N2O2S.ClH/c1-10(2-3-14-6-10)5-11-9(13)8-4-15-7-12-8;/h8,12H,2-7H2,1H3,(H,11,13);1H/t8-,10?;/m1./s1. The van der Waals surface area contributed by atoms with E-state index in [2.05, 4.69) is 17.6 Å². The van der Waals surface area contributed by atoms with Crippen LogP contribution < -0.4 is 10.6 Å². The number of thioether (sulfide) groups is 1. The van der Waals surface area contributed by atoms with Crippen molar-refractivity contribution in [2.24, 2.45) is 5.41 Å². The first-order chi connectivity index (χ1) is 7.20. The van der Waals surface area contributed by atoms with Crippen LogP contribution >= 0.6 is 24.2 Å². The molecule has 2 aliphatic heterocycles. The van der Waals surface area contributed by atoms with Gasteiger partial charge in [-0.1, -0.05) is 6.92 Å². The van der Waals surface area contributed by atoms with E-state index in [1.807, 2.05) is 0 Å². The van der Waals surface area contributed by atoms with Gasteiger partial charge in [-0.15, -0.1) is 24.2 Å². The van der Waals surface area contributed by atoms with Gasteiger partial charge in [0.15, 0.2) is 0 Å². The molecule has 6 heteroatoms. The second-order valence-electron chi connectivity index (χ2n) is 4.60. The number of nitrogens with one attached hydrogen (secondary N) is 2. The zero-order valence-corrected chi connectivity index (χ0v) is 11.1. The Kier molecular flexibility index (Phi) is 5.37. The Bertz CT molecular complexity index is 241. The molecular formula is C10H19ClN2O2S. The van der Waals surface area contributed by atoms with Crippen LogP contribution in [-0.2, 0) is 9.53 Å². The number of hydrogen-bond donors (Lipinski definition) is 2. The van der Waals surface area contributed by atoms with E-state index in [4.69, 9.17) is 4.74 Å². The molecule has 1 unspecified atom stereocenters. The Hall–Kier alpha value is 0.0300. The molecule has 0 aromatic rings. The molecule has 2 fully saturated rings. The Balaban J connectivity index is 0.00000128. The van der Waals surface area contributed by atoms with Crippen molar-refractivity contribution in [3.05, 3.63) is 0 Å². The van der Waals surface area contributed by atoms with Gasteiger partial charge in [-0.3, -0.25) is 10.1 Å². The number of amides is 1. The van der Waals surface area contributed by atoms with Crippen LogP contribution in [0.3, 0.4) is 0 Å². The van der Waals surface area contributed by atoms with Crippen LogP contribution in [-0.4, -0.2) is 43.3 Å². The minimum Gasteiger partial charge on any atom is -0.381 e. The molecule has 16 heavy (non-hydrogen) atoms. The van der Waals surface area contributed by atoms with Crippen molar-refractivity contribution >= 4 is 30.1 Å². The van der Waals surface area contributed by atoms with Gasteiger partial charge in [-0.05, 0) is 6.42 Å². The van der Waals surface area contributed by atoms with Gasteiger partial charge in [0.1, 0.15) is 0 Å². The lowest BCUT2D eigenvalue weighted by molar-refractivity contribution is -0.122. The molecule has 2 N–H and O–H groups in total. The molecule has 0 radical (unpaired) electrons. The highest BCUT2D eigenvalue weighted by Gasteiger charge is 2.31. The lowest BCUT2D eigenvalue weighted by Gasteiger charge is -2.22. The van der Waals surface area contributed by atoms with Gasteiger partial charge in [0.05, 0.1) is 12.6 Å². The third-order valence-corrected chi connectivity index (χ3v) is 3.96. The fourth-order valence-electron chi connectivity index (χ4n) is 1.84. The molecule has 0 aliphatic carbocycles. The van der Waals surface area contributed by atoms with Gasteiger partial charge < -0.3 is 10.1 Å². The SMILES string of the molecule is CC1(CNC(=O)[C@H]2CSCN2)CCOC1.Cl. The normalized spacial score (nSPS) is 33.4. The zero-order valence-electron chi connectivity index (χ0n) is 9.45. The van der Waals surface area contributed by atoms with E-state index in [0.717, 1.165) is 37.8 Å². The maximum atomic E-state index is 11.7. The molecule has 0 aromatic heterocycles. The first kappa shape index (κ1) is 14.1. The molecule has 0 bridgehead atoms. The van der Waals surface area contributed by atoms with E-state index in [0.29, 0.717) is 0 Å². The molecule has 1 amide bonds. The predicted molar refractivity (Wildman–Crippen MR) is 68.0 cm³/mol. The minimum absolute atomic E-state index is 0. The number of hydrogen-bond acceptors (Lipinski definition) is 4. The van der Waals surface area contributed by atoms with E-state index in [1.165, 1.54) is 0 Å². The van der Waals surface area contributed by atoms with Crippen molar-refractivity contribution in [2.45, 2.75) is 19.4 Å². The lowest BCUT2D eigenvalue weighted by Crippen LogP contribution is -2.45. The third-order valence-electron chi connectivity index (χ3n) is 3.02. The van der Waals surface area contributed by atoms with Crippen molar-refractivity contribution in [1.82, 2.24) is 10.6 Å². The smallest absolute Gasteiger partial charge is 0.238 e. The monoisotopic (exact) mass is 266 g/mol. The molecule has 4 nitrogen and oxygen atoms in total. The third kappa shape index (κ3) is 3.52. The van der Waals surface area contributed by atoms with Gasteiger partial charge in [0.2, 0.25) is 5.91 Å². The number of rotatable bonds is 3. The first-order valence-electron chi connectivity index (χ1n) is 5.36. The number of ether oxygens (including phenoxy) is 1.